The quantitative estimate of drug-likeness (QED) is 0.535. The zero-order chi connectivity index (χ0) is 6.69. The number of hydrogen-bond acceptors (Lipinski definition) is 4. The lowest BCUT2D eigenvalue weighted by molar-refractivity contribution is 0.529. The minimum absolute atomic E-state index is 0.223. The van der Waals surface area contributed by atoms with Crippen molar-refractivity contribution < 1.29 is 8.76 Å². The molecule has 0 aliphatic carbocycles. The van der Waals surface area contributed by atoms with Gasteiger partial charge in [-0.3, -0.25) is 4.21 Å². The van der Waals surface area contributed by atoms with Gasteiger partial charge >= 0.3 is 0 Å². The molecule has 0 spiro atoms. The van der Waals surface area contributed by atoms with E-state index in [1.54, 1.807) is 0 Å². The lowest BCUT2D eigenvalue weighted by Gasteiger charge is -2.23. The summed E-state index contributed by atoms with van der Waals surface area (Å²) in [6, 6.07) is 0. The van der Waals surface area contributed by atoms with Crippen LogP contribution in [0, 0.1) is 0 Å². The zero-order valence-electron chi connectivity index (χ0n) is 4.83. The van der Waals surface area contributed by atoms with Crippen molar-refractivity contribution in [3.05, 3.63) is 0 Å². The molecule has 54 valence electrons. The fourth-order valence-corrected chi connectivity index (χ4v) is 2.41. The monoisotopic (exact) mass is 166 g/mol. The Hall–Kier alpha value is 0.420. The van der Waals surface area contributed by atoms with E-state index in [1.165, 1.54) is 11.8 Å². The first-order chi connectivity index (χ1) is 4.30. The summed E-state index contributed by atoms with van der Waals surface area (Å²) in [5, 5.41) is 3.00. The summed E-state index contributed by atoms with van der Waals surface area (Å²) < 4.78 is 20.4. The van der Waals surface area contributed by atoms with E-state index < -0.39 is 11.1 Å². The molecule has 5 heteroatoms. The van der Waals surface area contributed by atoms with E-state index in [9.17, 15) is 8.76 Å². The molecule has 1 fully saturated rings. The Bertz CT molecular complexity index is 113. The van der Waals surface area contributed by atoms with Gasteiger partial charge in [-0.15, -0.1) is 11.8 Å². The molecular weight excluding hydrogens is 158 g/mol. The van der Waals surface area contributed by atoms with Gasteiger partial charge in [0.25, 0.3) is 0 Å². The molecule has 1 aliphatic rings. The average molecular weight is 166 g/mol. The molecular formula is C4H8NO2S2-. The van der Waals surface area contributed by atoms with Crippen LogP contribution < -0.4 is 5.32 Å². The summed E-state index contributed by atoms with van der Waals surface area (Å²) in [5.74, 6) is 0.901. The second kappa shape index (κ2) is 3.55. The first kappa shape index (κ1) is 7.53. The molecule has 1 aliphatic heterocycles. The van der Waals surface area contributed by atoms with Gasteiger partial charge in [0, 0.05) is 18.8 Å². The van der Waals surface area contributed by atoms with Crippen molar-refractivity contribution in [2.24, 2.45) is 0 Å². The van der Waals surface area contributed by atoms with Crippen LogP contribution in [0.2, 0.25) is 0 Å². The predicted octanol–water partition coefficient (Wildman–Crippen LogP) is -0.472. The van der Waals surface area contributed by atoms with Gasteiger partial charge in [0.05, 0.1) is 4.58 Å². The maximum absolute atomic E-state index is 10.3. The Balaban J connectivity index is 2.31. The van der Waals surface area contributed by atoms with E-state index in [0.29, 0.717) is 6.54 Å². The maximum Gasteiger partial charge on any atom is 0.0794 e. The third kappa shape index (κ3) is 2.25. The molecule has 2 atom stereocenters. The van der Waals surface area contributed by atoms with Gasteiger partial charge < -0.3 is 9.87 Å². The van der Waals surface area contributed by atoms with Crippen molar-refractivity contribution in [3.63, 3.8) is 0 Å². The second-order valence-electron chi connectivity index (χ2n) is 1.76. The first-order valence-electron chi connectivity index (χ1n) is 2.71. The summed E-state index contributed by atoms with van der Waals surface area (Å²) >= 11 is -0.405. The van der Waals surface area contributed by atoms with Crippen LogP contribution in [0.1, 0.15) is 0 Å². The van der Waals surface area contributed by atoms with E-state index in [-0.39, 0.29) is 4.58 Å². The van der Waals surface area contributed by atoms with Gasteiger partial charge in [-0.25, -0.2) is 0 Å². The molecule has 0 radical (unpaired) electrons. The van der Waals surface area contributed by atoms with Crippen molar-refractivity contribution in [1.29, 1.82) is 0 Å². The van der Waals surface area contributed by atoms with Gasteiger partial charge in [0.2, 0.25) is 0 Å². The van der Waals surface area contributed by atoms with Crippen molar-refractivity contribution in [3.8, 4) is 0 Å². The number of rotatable bonds is 1. The summed E-state index contributed by atoms with van der Waals surface area (Å²) in [6.07, 6.45) is 0. The fourth-order valence-electron chi connectivity index (χ4n) is 0.665. The summed E-state index contributed by atoms with van der Waals surface area (Å²) in [5.41, 5.74) is 0. The molecule has 1 rings (SSSR count). The van der Waals surface area contributed by atoms with Gasteiger partial charge in [-0.2, -0.15) is 0 Å². The van der Waals surface area contributed by atoms with E-state index in [2.05, 4.69) is 5.32 Å². The standard InChI is InChI=1S/C4H9NO2S2/c6-9(7)4-3-5-1-2-8-4/h4-5H,1-3H2,(H,6,7)/p-1. The summed E-state index contributed by atoms with van der Waals surface area (Å²) in [7, 11) is 0. The van der Waals surface area contributed by atoms with Crippen molar-refractivity contribution >= 4 is 22.8 Å². The van der Waals surface area contributed by atoms with Crippen LogP contribution in [0.15, 0.2) is 0 Å². The Labute approximate surface area is 60.9 Å². The van der Waals surface area contributed by atoms with Crippen LogP contribution in [-0.2, 0) is 11.1 Å². The van der Waals surface area contributed by atoms with Gasteiger partial charge in [-0.05, 0) is 11.1 Å². The molecule has 2 unspecified atom stereocenters. The van der Waals surface area contributed by atoms with Crippen LogP contribution in [0.25, 0.3) is 0 Å². The lowest BCUT2D eigenvalue weighted by atomic mass is 10.6. The molecule has 3 nitrogen and oxygen atoms in total. The molecule has 0 saturated carbocycles. The molecule has 0 aromatic carbocycles. The fraction of sp³-hybridized carbons (Fsp3) is 1.00. The van der Waals surface area contributed by atoms with E-state index in [1.807, 2.05) is 0 Å². The van der Waals surface area contributed by atoms with Crippen LogP contribution in [0.3, 0.4) is 0 Å². The zero-order valence-corrected chi connectivity index (χ0v) is 6.46. The smallest absolute Gasteiger partial charge is 0.0794 e. The van der Waals surface area contributed by atoms with E-state index in [4.69, 9.17) is 0 Å². The average Bonchev–Trinajstić information content (AvgIpc) is 1.90. The van der Waals surface area contributed by atoms with Gasteiger partial charge in [-0.1, -0.05) is 0 Å². The van der Waals surface area contributed by atoms with E-state index in [0.717, 1.165) is 12.3 Å². The molecule has 0 aromatic heterocycles. The highest BCUT2D eigenvalue weighted by molar-refractivity contribution is 8.09. The highest BCUT2D eigenvalue weighted by atomic mass is 32.2. The summed E-state index contributed by atoms with van der Waals surface area (Å²) in [6.45, 7) is 1.53. The van der Waals surface area contributed by atoms with Gasteiger partial charge in [0.15, 0.2) is 0 Å². The minimum atomic E-state index is -1.90. The van der Waals surface area contributed by atoms with Crippen molar-refractivity contribution in [2.45, 2.75) is 4.58 Å². The highest BCUT2D eigenvalue weighted by Crippen LogP contribution is 2.14. The Morgan fingerprint density at radius 2 is 2.56 bits per heavy atom. The topological polar surface area (TPSA) is 52.2 Å². The molecule has 9 heavy (non-hydrogen) atoms. The second-order valence-corrected chi connectivity index (χ2v) is 4.46. The Morgan fingerprint density at radius 1 is 1.78 bits per heavy atom. The Morgan fingerprint density at radius 3 is 2.89 bits per heavy atom. The van der Waals surface area contributed by atoms with Crippen LogP contribution in [0.5, 0.6) is 0 Å². The number of nitrogens with one attached hydrogen (secondary N) is 1. The van der Waals surface area contributed by atoms with Crippen LogP contribution >= 0.6 is 11.8 Å². The largest absolute Gasteiger partial charge is 0.771 e. The third-order valence-corrected chi connectivity index (χ3v) is 3.56. The Kier molecular flexibility index (Phi) is 2.97. The van der Waals surface area contributed by atoms with E-state index >= 15 is 0 Å². The first-order valence-corrected chi connectivity index (χ1v) is 4.90. The molecule has 0 bridgehead atoms. The minimum Gasteiger partial charge on any atom is -0.771 e. The number of hydrogen-bond donors (Lipinski definition) is 1. The SMILES string of the molecule is O=S([O-])C1CNCCS1. The van der Waals surface area contributed by atoms with Gasteiger partial charge in [0.1, 0.15) is 0 Å². The molecule has 0 amide bonds. The van der Waals surface area contributed by atoms with Crippen molar-refractivity contribution in [1.82, 2.24) is 5.32 Å². The third-order valence-electron chi connectivity index (χ3n) is 1.11. The number of thioether (sulfide) groups is 1. The summed E-state index contributed by atoms with van der Waals surface area (Å²) in [4.78, 5) is 0. The molecule has 1 heterocycles. The van der Waals surface area contributed by atoms with Crippen LogP contribution in [0.4, 0.5) is 0 Å². The molecule has 0 aromatic rings. The van der Waals surface area contributed by atoms with Crippen LogP contribution in [-0.4, -0.2) is 32.2 Å². The highest BCUT2D eigenvalue weighted by Gasteiger charge is 2.12. The normalized spacial score (nSPS) is 31.9. The predicted molar refractivity (Wildman–Crippen MR) is 38.0 cm³/mol. The lowest BCUT2D eigenvalue weighted by Crippen LogP contribution is -2.34. The maximum atomic E-state index is 10.3. The van der Waals surface area contributed by atoms with Crippen molar-refractivity contribution in [2.75, 3.05) is 18.8 Å². The molecule has 1 N–H and O–H groups in total. The molecule has 1 saturated heterocycles.